The van der Waals surface area contributed by atoms with Crippen LogP contribution in [0.15, 0.2) is 12.2 Å². The lowest BCUT2D eigenvalue weighted by Gasteiger charge is -2.20. The van der Waals surface area contributed by atoms with E-state index in [1.165, 1.54) is 64.2 Å². The van der Waals surface area contributed by atoms with Crippen molar-refractivity contribution in [3.8, 4) is 0 Å². The van der Waals surface area contributed by atoms with Gasteiger partial charge < -0.3 is 24.8 Å². The van der Waals surface area contributed by atoms with Gasteiger partial charge in [0.25, 0.3) is 0 Å². The minimum atomic E-state index is -1.05. The van der Waals surface area contributed by atoms with Crippen molar-refractivity contribution in [2.45, 2.75) is 108 Å². The number of hydrogen-bond donors (Lipinski definition) is 3. The first-order valence-electron chi connectivity index (χ1n) is 11.1. The van der Waals surface area contributed by atoms with Crippen LogP contribution in [0.2, 0.25) is 0 Å². The SMILES string of the molecule is CCC/C=C/CCCCCCCCCCCO[C@@H]1CO[C@H]([C@@H](O)CO)[C@@H]1O. The number of unbranched alkanes of at least 4 members (excludes halogenated alkanes) is 10. The highest BCUT2D eigenvalue weighted by Crippen LogP contribution is 2.20. The summed E-state index contributed by atoms with van der Waals surface area (Å²) in [4.78, 5) is 0. The Labute approximate surface area is 165 Å². The molecule has 27 heavy (non-hydrogen) atoms. The van der Waals surface area contributed by atoms with Crippen molar-refractivity contribution in [2.75, 3.05) is 19.8 Å². The Morgan fingerprint density at radius 2 is 1.56 bits per heavy atom. The topological polar surface area (TPSA) is 79.2 Å². The fraction of sp³-hybridized carbons (Fsp3) is 0.909. The average Bonchev–Trinajstić information content (AvgIpc) is 3.04. The van der Waals surface area contributed by atoms with E-state index in [-0.39, 0.29) is 6.61 Å². The molecule has 0 aromatic carbocycles. The molecule has 0 spiro atoms. The molecule has 1 aliphatic heterocycles. The van der Waals surface area contributed by atoms with Crippen LogP contribution in [0.5, 0.6) is 0 Å². The number of allylic oxidation sites excluding steroid dienone is 2. The van der Waals surface area contributed by atoms with E-state index >= 15 is 0 Å². The number of aliphatic hydroxyl groups is 3. The number of rotatable bonds is 17. The van der Waals surface area contributed by atoms with Gasteiger partial charge in [0, 0.05) is 6.61 Å². The third-order valence-corrected chi connectivity index (χ3v) is 5.21. The molecule has 1 heterocycles. The molecule has 4 atom stereocenters. The number of ether oxygens (including phenoxy) is 2. The van der Waals surface area contributed by atoms with Gasteiger partial charge in [0.1, 0.15) is 24.4 Å². The maximum absolute atomic E-state index is 10.0. The summed E-state index contributed by atoms with van der Waals surface area (Å²) in [5.41, 5.74) is 0. The van der Waals surface area contributed by atoms with Crippen molar-refractivity contribution in [2.24, 2.45) is 0 Å². The van der Waals surface area contributed by atoms with Crippen LogP contribution in [-0.2, 0) is 9.47 Å². The molecule has 5 heteroatoms. The van der Waals surface area contributed by atoms with Crippen LogP contribution in [0.3, 0.4) is 0 Å². The van der Waals surface area contributed by atoms with Crippen LogP contribution in [-0.4, -0.2) is 59.6 Å². The fourth-order valence-corrected chi connectivity index (χ4v) is 3.44. The van der Waals surface area contributed by atoms with E-state index in [1.54, 1.807) is 0 Å². The first-order valence-corrected chi connectivity index (χ1v) is 11.1. The van der Waals surface area contributed by atoms with Gasteiger partial charge in [0.2, 0.25) is 0 Å². The third-order valence-electron chi connectivity index (χ3n) is 5.21. The largest absolute Gasteiger partial charge is 0.394 e. The quantitative estimate of drug-likeness (QED) is 0.262. The summed E-state index contributed by atoms with van der Waals surface area (Å²) < 4.78 is 11.0. The highest BCUT2D eigenvalue weighted by atomic mass is 16.6. The van der Waals surface area contributed by atoms with E-state index in [4.69, 9.17) is 14.6 Å². The predicted octanol–water partition coefficient (Wildman–Crippen LogP) is 3.74. The molecule has 0 radical (unpaired) electrons. The summed E-state index contributed by atoms with van der Waals surface area (Å²) in [5.74, 6) is 0. The molecular weight excluding hydrogens is 344 g/mol. The van der Waals surface area contributed by atoms with Gasteiger partial charge in [-0.3, -0.25) is 0 Å². The predicted molar refractivity (Wildman–Crippen MR) is 109 cm³/mol. The maximum Gasteiger partial charge on any atom is 0.114 e. The lowest BCUT2D eigenvalue weighted by molar-refractivity contribution is -0.0730. The van der Waals surface area contributed by atoms with Gasteiger partial charge in [-0.2, -0.15) is 0 Å². The molecular formula is C22H42O5. The van der Waals surface area contributed by atoms with E-state index in [0.29, 0.717) is 6.61 Å². The van der Waals surface area contributed by atoms with Gasteiger partial charge in [0.05, 0.1) is 13.2 Å². The molecule has 0 bridgehead atoms. The zero-order chi connectivity index (χ0) is 19.7. The van der Waals surface area contributed by atoms with E-state index in [1.807, 2.05) is 0 Å². The smallest absolute Gasteiger partial charge is 0.114 e. The average molecular weight is 387 g/mol. The van der Waals surface area contributed by atoms with Crippen LogP contribution in [0.4, 0.5) is 0 Å². The highest BCUT2D eigenvalue weighted by Gasteiger charge is 2.40. The van der Waals surface area contributed by atoms with Crippen LogP contribution >= 0.6 is 0 Å². The molecule has 0 saturated carbocycles. The van der Waals surface area contributed by atoms with Gasteiger partial charge in [-0.05, 0) is 25.7 Å². The molecule has 1 rings (SSSR count). The van der Waals surface area contributed by atoms with E-state index < -0.39 is 31.0 Å². The Balaban J connectivity index is 1.84. The van der Waals surface area contributed by atoms with E-state index in [2.05, 4.69) is 19.1 Å². The van der Waals surface area contributed by atoms with E-state index in [9.17, 15) is 10.2 Å². The summed E-state index contributed by atoms with van der Waals surface area (Å²) in [5, 5.41) is 28.5. The lowest BCUT2D eigenvalue weighted by Crippen LogP contribution is -2.41. The zero-order valence-electron chi connectivity index (χ0n) is 17.2. The van der Waals surface area contributed by atoms with Crippen LogP contribution in [0, 0.1) is 0 Å². The summed E-state index contributed by atoms with van der Waals surface area (Å²) in [6.45, 7) is 2.69. The summed E-state index contributed by atoms with van der Waals surface area (Å²) in [7, 11) is 0. The van der Waals surface area contributed by atoms with Gasteiger partial charge in [-0.1, -0.05) is 70.4 Å². The number of hydrogen-bond acceptors (Lipinski definition) is 5. The Bertz CT molecular complexity index is 361. The van der Waals surface area contributed by atoms with Crippen LogP contribution in [0.1, 0.15) is 84.0 Å². The molecule has 5 nitrogen and oxygen atoms in total. The summed E-state index contributed by atoms with van der Waals surface area (Å²) >= 11 is 0. The normalized spacial score (nSPS) is 24.1. The van der Waals surface area contributed by atoms with E-state index in [0.717, 1.165) is 12.8 Å². The zero-order valence-corrected chi connectivity index (χ0v) is 17.2. The molecule has 0 aromatic rings. The molecule has 0 amide bonds. The monoisotopic (exact) mass is 386 g/mol. The molecule has 1 saturated heterocycles. The maximum atomic E-state index is 10.0. The van der Waals surface area contributed by atoms with Gasteiger partial charge in [0.15, 0.2) is 0 Å². The first kappa shape index (κ1) is 24.6. The second kappa shape index (κ2) is 16.5. The summed E-state index contributed by atoms with van der Waals surface area (Å²) in [6.07, 6.45) is 16.6. The van der Waals surface area contributed by atoms with Crippen molar-refractivity contribution in [1.82, 2.24) is 0 Å². The highest BCUT2D eigenvalue weighted by molar-refractivity contribution is 4.88. The van der Waals surface area contributed by atoms with Crippen molar-refractivity contribution in [1.29, 1.82) is 0 Å². The van der Waals surface area contributed by atoms with Crippen molar-refractivity contribution in [3.63, 3.8) is 0 Å². The van der Waals surface area contributed by atoms with Gasteiger partial charge >= 0.3 is 0 Å². The standard InChI is InChI=1S/C22H42O5/c1-2-3-4-5-6-7-8-9-10-11-12-13-14-15-16-26-20-18-27-22(21(20)25)19(24)17-23/h4-5,19-25H,2-3,6-18H2,1H3/b5-4+/t19-,20+,21+,22+/m0/s1. The van der Waals surface area contributed by atoms with Crippen molar-refractivity contribution < 1.29 is 24.8 Å². The number of aliphatic hydroxyl groups excluding tert-OH is 3. The van der Waals surface area contributed by atoms with Crippen molar-refractivity contribution in [3.05, 3.63) is 12.2 Å². The Morgan fingerprint density at radius 1 is 0.963 bits per heavy atom. The Kier molecular flexibility index (Phi) is 15.0. The molecule has 1 fully saturated rings. The molecule has 160 valence electrons. The van der Waals surface area contributed by atoms with Crippen LogP contribution < -0.4 is 0 Å². The first-order chi connectivity index (χ1) is 13.2. The third kappa shape index (κ3) is 11.2. The minimum absolute atomic E-state index is 0.275. The second-order valence-corrected chi connectivity index (χ2v) is 7.68. The Hall–Kier alpha value is -0.460. The van der Waals surface area contributed by atoms with Crippen molar-refractivity contribution >= 4 is 0 Å². The molecule has 3 N–H and O–H groups in total. The molecule has 0 aromatic heterocycles. The second-order valence-electron chi connectivity index (χ2n) is 7.68. The molecule has 0 aliphatic carbocycles. The minimum Gasteiger partial charge on any atom is -0.394 e. The fourth-order valence-electron chi connectivity index (χ4n) is 3.44. The Morgan fingerprint density at radius 3 is 2.19 bits per heavy atom. The van der Waals surface area contributed by atoms with Gasteiger partial charge in [-0.15, -0.1) is 0 Å². The lowest BCUT2D eigenvalue weighted by atomic mass is 10.1. The van der Waals surface area contributed by atoms with Crippen LogP contribution in [0.25, 0.3) is 0 Å². The molecule has 0 unspecified atom stereocenters. The summed E-state index contributed by atoms with van der Waals surface area (Å²) in [6, 6.07) is 0. The molecule has 1 aliphatic rings. The van der Waals surface area contributed by atoms with Gasteiger partial charge in [-0.25, -0.2) is 0 Å².